The molecule has 0 heterocycles. The zero-order valence-corrected chi connectivity index (χ0v) is 15.0. The maximum atomic E-state index is 12.8. The number of methoxy groups -OCH3 is 2. The standard InChI is InChI=1S/C16H30N2O5/c1-7-8-12(18(14(20)21)15(2,3)4)16(22-5,23-6)13(19)17-11-9-10-11/h11-12H,7-10H2,1-6H3,(H,17,19)(H,20,21)/t12-/m0/s1. The molecule has 1 saturated carbocycles. The lowest BCUT2D eigenvalue weighted by atomic mass is 9.93. The predicted molar refractivity (Wildman–Crippen MR) is 86.2 cm³/mol. The van der Waals surface area contributed by atoms with Crippen LogP contribution in [0.3, 0.4) is 0 Å². The summed E-state index contributed by atoms with van der Waals surface area (Å²) >= 11 is 0. The Morgan fingerprint density at radius 2 is 1.78 bits per heavy atom. The lowest BCUT2D eigenvalue weighted by molar-refractivity contribution is -0.238. The number of rotatable bonds is 8. The van der Waals surface area contributed by atoms with Gasteiger partial charge in [-0.3, -0.25) is 9.69 Å². The molecule has 0 aromatic rings. The fourth-order valence-corrected chi connectivity index (χ4v) is 2.86. The minimum Gasteiger partial charge on any atom is -0.465 e. The van der Waals surface area contributed by atoms with E-state index >= 15 is 0 Å². The molecule has 1 atom stereocenters. The van der Waals surface area contributed by atoms with Crippen LogP contribution in [0.15, 0.2) is 0 Å². The Bertz CT molecular complexity index is 425. The summed E-state index contributed by atoms with van der Waals surface area (Å²) < 4.78 is 11.0. The van der Waals surface area contributed by atoms with E-state index in [1.165, 1.54) is 19.1 Å². The molecule has 0 aliphatic heterocycles. The molecule has 0 bridgehead atoms. The van der Waals surface area contributed by atoms with Gasteiger partial charge in [0.1, 0.15) is 0 Å². The summed E-state index contributed by atoms with van der Waals surface area (Å²) in [6, 6.07) is -0.624. The number of hydrogen-bond acceptors (Lipinski definition) is 4. The number of hydrogen-bond donors (Lipinski definition) is 2. The third-order valence-electron chi connectivity index (χ3n) is 4.08. The molecule has 0 radical (unpaired) electrons. The summed E-state index contributed by atoms with van der Waals surface area (Å²) in [5.74, 6) is -2.08. The third kappa shape index (κ3) is 4.35. The van der Waals surface area contributed by atoms with Gasteiger partial charge < -0.3 is 19.9 Å². The van der Waals surface area contributed by atoms with Crippen LogP contribution in [0.4, 0.5) is 4.79 Å². The number of ether oxygens (including phenoxy) is 2. The monoisotopic (exact) mass is 330 g/mol. The van der Waals surface area contributed by atoms with Crippen molar-refractivity contribution < 1.29 is 24.2 Å². The smallest absolute Gasteiger partial charge is 0.408 e. The topological polar surface area (TPSA) is 88.1 Å². The van der Waals surface area contributed by atoms with Crippen LogP contribution in [0.2, 0.25) is 0 Å². The number of carboxylic acid groups (broad SMARTS) is 1. The first-order chi connectivity index (χ1) is 10.6. The van der Waals surface area contributed by atoms with Crippen molar-refractivity contribution in [1.82, 2.24) is 10.2 Å². The van der Waals surface area contributed by atoms with Crippen LogP contribution in [0, 0.1) is 0 Å². The van der Waals surface area contributed by atoms with Gasteiger partial charge >= 0.3 is 6.09 Å². The van der Waals surface area contributed by atoms with Crippen molar-refractivity contribution in [2.45, 2.75) is 76.8 Å². The molecule has 0 saturated heterocycles. The maximum Gasteiger partial charge on any atom is 0.408 e. The van der Waals surface area contributed by atoms with Gasteiger partial charge in [0, 0.05) is 25.8 Å². The minimum absolute atomic E-state index is 0.127. The Morgan fingerprint density at radius 3 is 2.09 bits per heavy atom. The summed E-state index contributed by atoms with van der Waals surface area (Å²) in [4.78, 5) is 25.9. The van der Waals surface area contributed by atoms with E-state index in [1.54, 1.807) is 20.8 Å². The van der Waals surface area contributed by atoms with Crippen LogP contribution in [-0.4, -0.2) is 59.6 Å². The number of carbonyl (C=O) groups excluding carboxylic acids is 1. The molecule has 2 N–H and O–H groups in total. The number of nitrogens with one attached hydrogen (secondary N) is 1. The fraction of sp³-hybridized carbons (Fsp3) is 0.875. The summed E-state index contributed by atoms with van der Waals surface area (Å²) in [7, 11) is 2.75. The van der Waals surface area contributed by atoms with Crippen molar-refractivity contribution in [3.63, 3.8) is 0 Å². The SMILES string of the molecule is CCC[C@H](N(C(=O)O)C(C)(C)C)C(OC)(OC)C(=O)NC1CC1. The van der Waals surface area contributed by atoms with E-state index in [-0.39, 0.29) is 6.04 Å². The molecule has 0 aromatic heterocycles. The molecule has 0 aromatic carbocycles. The highest BCUT2D eigenvalue weighted by molar-refractivity contribution is 5.86. The Balaban J connectivity index is 3.27. The maximum absolute atomic E-state index is 12.8. The molecule has 1 aliphatic rings. The molecule has 7 heteroatoms. The van der Waals surface area contributed by atoms with Crippen molar-refractivity contribution in [1.29, 1.82) is 0 Å². The molecule has 1 rings (SSSR count). The van der Waals surface area contributed by atoms with E-state index in [0.717, 1.165) is 12.8 Å². The van der Waals surface area contributed by atoms with Gasteiger partial charge in [0.05, 0.1) is 6.04 Å². The average Bonchev–Trinajstić information content (AvgIpc) is 3.22. The van der Waals surface area contributed by atoms with Gasteiger partial charge in [0.2, 0.25) is 0 Å². The normalized spacial score (nSPS) is 16.8. The number of amides is 2. The first-order valence-electron chi connectivity index (χ1n) is 8.07. The second kappa shape index (κ2) is 7.49. The molecule has 1 aliphatic carbocycles. The zero-order valence-electron chi connectivity index (χ0n) is 15.0. The molecule has 134 valence electrons. The number of nitrogens with zero attached hydrogens (tertiary/aromatic N) is 1. The van der Waals surface area contributed by atoms with Gasteiger partial charge in [0.25, 0.3) is 11.7 Å². The van der Waals surface area contributed by atoms with Gasteiger partial charge in [-0.25, -0.2) is 4.79 Å². The highest BCUT2D eigenvalue weighted by Gasteiger charge is 2.53. The van der Waals surface area contributed by atoms with Crippen LogP contribution in [0.1, 0.15) is 53.4 Å². The van der Waals surface area contributed by atoms with Crippen molar-refractivity contribution in [2.75, 3.05) is 14.2 Å². The average molecular weight is 330 g/mol. The minimum atomic E-state index is -1.66. The van der Waals surface area contributed by atoms with Gasteiger partial charge in [-0.05, 0) is 40.0 Å². The second-order valence-electron chi connectivity index (χ2n) is 6.95. The summed E-state index contributed by atoms with van der Waals surface area (Å²) in [6.07, 6.45) is 1.89. The quantitative estimate of drug-likeness (QED) is 0.666. The number of carbonyl (C=O) groups is 2. The Kier molecular flexibility index (Phi) is 6.41. The summed E-state index contributed by atoms with van der Waals surface area (Å²) in [6.45, 7) is 7.31. The lowest BCUT2D eigenvalue weighted by Gasteiger charge is -2.46. The zero-order chi connectivity index (χ0) is 17.8. The predicted octanol–water partition coefficient (Wildman–Crippen LogP) is 2.20. The first kappa shape index (κ1) is 19.7. The first-order valence-corrected chi connectivity index (χ1v) is 8.07. The largest absolute Gasteiger partial charge is 0.465 e. The van der Waals surface area contributed by atoms with Gasteiger partial charge in [-0.2, -0.15) is 0 Å². The third-order valence-corrected chi connectivity index (χ3v) is 4.08. The van der Waals surface area contributed by atoms with E-state index in [4.69, 9.17) is 9.47 Å². The van der Waals surface area contributed by atoms with Crippen LogP contribution in [-0.2, 0) is 14.3 Å². The fourth-order valence-electron chi connectivity index (χ4n) is 2.86. The van der Waals surface area contributed by atoms with E-state index in [2.05, 4.69) is 5.32 Å². The van der Waals surface area contributed by atoms with Crippen LogP contribution in [0.25, 0.3) is 0 Å². The second-order valence-corrected chi connectivity index (χ2v) is 6.95. The van der Waals surface area contributed by atoms with Crippen molar-refractivity contribution in [3.05, 3.63) is 0 Å². The molecule has 2 amide bonds. The van der Waals surface area contributed by atoms with Gasteiger partial charge in [-0.15, -0.1) is 0 Å². The van der Waals surface area contributed by atoms with E-state index in [0.29, 0.717) is 12.8 Å². The Labute approximate surface area is 138 Å². The molecule has 7 nitrogen and oxygen atoms in total. The highest BCUT2D eigenvalue weighted by atomic mass is 16.7. The molecule has 1 fully saturated rings. The molecular formula is C16H30N2O5. The highest BCUT2D eigenvalue weighted by Crippen LogP contribution is 2.32. The van der Waals surface area contributed by atoms with Crippen LogP contribution in [0.5, 0.6) is 0 Å². The van der Waals surface area contributed by atoms with Gasteiger partial charge in [0.15, 0.2) is 0 Å². The van der Waals surface area contributed by atoms with E-state index < -0.39 is 29.4 Å². The van der Waals surface area contributed by atoms with Crippen LogP contribution >= 0.6 is 0 Å². The summed E-state index contributed by atoms with van der Waals surface area (Å²) in [5.41, 5.74) is -0.701. The molecule has 0 spiro atoms. The van der Waals surface area contributed by atoms with E-state index in [9.17, 15) is 14.7 Å². The molecule has 0 unspecified atom stereocenters. The Morgan fingerprint density at radius 1 is 1.26 bits per heavy atom. The van der Waals surface area contributed by atoms with Crippen molar-refractivity contribution >= 4 is 12.0 Å². The van der Waals surface area contributed by atoms with Gasteiger partial charge in [-0.1, -0.05) is 13.3 Å². The summed E-state index contributed by atoms with van der Waals surface area (Å²) in [5, 5.41) is 12.6. The van der Waals surface area contributed by atoms with Crippen molar-refractivity contribution in [2.24, 2.45) is 0 Å². The lowest BCUT2D eigenvalue weighted by Crippen LogP contribution is -2.67. The molecule has 23 heavy (non-hydrogen) atoms. The van der Waals surface area contributed by atoms with E-state index in [1.807, 2.05) is 6.92 Å². The van der Waals surface area contributed by atoms with Crippen LogP contribution < -0.4 is 5.32 Å². The van der Waals surface area contributed by atoms with Crippen molar-refractivity contribution in [3.8, 4) is 0 Å². The molecular weight excluding hydrogens is 300 g/mol. The Hall–Kier alpha value is -1.34.